The van der Waals surface area contributed by atoms with Crippen molar-refractivity contribution in [3.63, 3.8) is 0 Å². The summed E-state index contributed by atoms with van der Waals surface area (Å²) >= 11 is 0. The second-order valence-electron chi connectivity index (χ2n) is 5.00. The summed E-state index contributed by atoms with van der Waals surface area (Å²) in [6.07, 6.45) is 1.20. The van der Waals surface area contributed by atoms with Gasteiger partial charge in [0, 0.05) is 6.04 Å². The highest BCUT2D eigenvalue weighted by Crippen LogP contribution is 2.33. The predicted octanol–water partition coefficient (Wildman–Crippen LogP) is 2.04. The van der Waals surface area contributed by atoms with Gasteiger partial charge in [-0.2, -0.15) is 0 Å². The molecular formula is C14H22N2. The Balaban J connectivity index is 2.26. The van der Waals surface area contributed by atoms with Crippen LogP contribution in [0.1, 0.15) is 30.4 Å². The number of hydrogen-bond acceptors (Lipinski definition) is 2. The van der Waals surface area contributed by atoms with Gasteiger partial charge in [0.1, 0.15) is 0 Å². The van der Waals surface area contributed by atoms with Crippen molar-refractivity contribution in [2.75, 3.05) is 13.1 Å². The quantitative estimate of drug-likeness (QED) is 0.797. The molecule has 2 rings (SSSR count). The van der Waals surface area contributed by atoms with Crippen molar-refractivity contribution in [3.05, 3.63) is 35.4 Å². The van der Waals surface area contributed by atoms with Gasteiger partial charge >= 0.3 is 0 Å². The molecule has 2 nitrogen and oxygen atoms in total. The van der Waals surface area contributed by atoms with E-state index in [4.69, 9.17) is 5.73 Å². The zero-order chi connectivity index (χ0) is 11.5. The van der Waals surface area contributed by atoms with Crippen molar-refractivity contribution < 1.29 is 0 Å². The Morgan fingerprint density at radius 1 is 1.38 bits per heavy atom. The Hall–Kier alpha value is -0.860. The third-order valence-electron chi connectivity index (χ3n) is 3.80. The van der Waals surface area contributed by atoms with E-state index in [1.54, 1.807) is 0 Å². The van der Waals surface area contributed by atoms with Gasteiger partial charge in [-0.25, -0.2) is 0 Å². The first-order chi connectivity index (χ1) is 7.72. The average molecular weight is 218 g/mol. The summed E-state index contributed by atoms with van der Waals surface area (Å²) in [4.78, 5) is 0. The van der Waals surface area contributed by atoms with Crippen LogP contribution in [0.4, 0.5) is 0 Å². The summed E-state index contributed by atoms with van der Waals surface area (Å²) in [6, 6.07) is 9.33. The zero-order valence-electron chi connectivity index (χ0n) is 10.2. The van der Waals surface area contributed by atoms with E-state index in [1.165, 1.54) is 17.5 Å². The first-order valence-corrected chi connectivity index (χ1v) is 6.21. The van der Waals surface area contributed by atoms with E-state index in [-0.39, 0.29) is 0 Å². The van der Waals surface area contributed by atoms with Gasteiger partial charge in [-0.1, -0.05) is 24.3 Å². The topological polar surface area (TPSA) is 38.0 Å². The van der Waals surface area contributed by atoms with Crippen LogP contribution >= 0.6 is 0 Å². The van der Waals surface area contributed by atoms with Crippen LogP contribution in [-0.4, -0.2) is 19.1 Å². The SMILES string of the molecule is Cc1ccccc1C1CC(C)NCC1CN. The molecule has 1 heterocycles. The Morgan fingerprint density at radius 3 is 2.81 bits per heavy atom. The van der Waals surface area contributed by atoms with E-state index in [9.17, 15) is 0 Å². The van der Waals surface area contributed by atoms with Gasteiger partial charge < -0.3 is 11.1 Å². The molecule has 3 unspecified atom stereocenters. The van der Waals surface area contributed by atoms with Gasteiger partial charge in [-0.15, -0.1) is 0 Å². The van der Waals surface area contributed by atoms with Gasteiger partial charge in [-0.05, 0) is 56.3 Å². The minimum Gasteiger partial charge on any atom is -0.330 e. The smallest absolute Gasteiger partial charge is 0.00447 e. The fourth-order valence-electron chi connectivity index (χ4n) is 2.78. The molecule has 88 valence electrons. The molecule has 1 aromatic rings. The number of nitrogens with one attached hydrogen (secondary N) is 1. The molecule has 0 amide bonds. The summed E-state index contributed by atoms with van der Waals surface area (Å²) in [5.74, 6) is 1.21. The average Bonchev–Trinajstić information content (AvgIpc) is 2.29. The van der Waals surface area contributed by atoms with E-state index < -0.39 is 0 Å². The lowest BCUT2D eigenvalue weighted by Gasteiger charge is -2.36. The number of benzene rings is 1. The van der Waals surface area contributed by atoms with Crippen LogP contribution in [0.5, 0.6) is 0 Å². The van der Waals surface area contributed by atoms with Gasteiger partial charge in [-0.3, -0.25) is 0 Å². The second-order valence-corrected chi connectivity index (χ2v) is 5.00. The normalized spacial score (nSPS) is 30.3. The van der Waals surface area contributed by atoms with Gasteiger partial charge in [0.05, 0.1) is 0 Å². The predicted molar refractivity (Wildman–Crippen MR) is 68.5 cm³/mol. The van der Waals surface area contributed by atoms with Crippen LogP contribution in [0.3, 0.4) is 0 Å². The minimum atomic E-state index is 0.581. The van der Waals surface area contributed by atoms with Gasteiger partial charge in [0.25, 0.3) is 0 Å². The molecule has 0 spiro atoms. The van der Waals surface area contributed by atoms with E-state index in [0.717, 1.165) is 13.1 Å². The number of hydrogen-bond donors (Lipinski definition) is 2. The van der Waals surface area contributed by atoms with Crippen molar-refractivity contribution in [1.29, 1.82) is 0 Å². The maximum absolute atomic E-state index is 5.89. The monoisotopic (exact) mass is 218 g/mol. The lowest BCUT2D eigenvalue weighted by molar-refractivity contribution is 0.284. The van der Waals surface area contributed by atoms with Crippen molar-refractivity contribution in [2.45, 2.75) is 32.2 Å². The summed E-state index contributed by atoms with van der Waals surface area (Å²) in [5, 5.41) is 3.52. The highest BCUT2D eigenvalue weighted by molar-refractivity contribution is 5.30. The van der Waals surface area contributed by atoms with Crippen molar-refractivity contribution >= 4 is 0 Å². The van der Waals surface area contributed by atoms with Crippen LogP contribution in [0.15, 0.2) is 24.3 Å². The highest BCUT2D eigenvalue weighted by atomic mass is 14.9. The fourth-order valence-corrected chi connectivity index (χ4v) is 2.78. The number of rotatable bonds is 2. The standard InChI is InChI=1S/C14H22N2/c1-10-5-3-4-6-13(10)14-7-11(2)16-9-12(14)8-15/h3-6,11-12,14,16H,7-9,15H2,1-2H3. The third kappa shape index (κ3) is 2.28. The van der Waals surface area contributed by atoms with Crippen molar-refractivity contribution in [1.82, 2.24) is 5.32 Å². The number of nitrogens with two attached hydrogens (primary N) is 1. The van der Waals surface area contributed by atoms with Crippen LogP contribution < -0.4 is 11.1 Å². The molecule has 2 heteroatoms. The van der Waals surface area contributed by atoms with Crippen molar-refractivity contribution in [3.8, 4) is 0 Å². The summed E-state index contributed by atoms with van der Waals surface area (Å²) < 4.78 is 0. The Morgan fingerprint density at radius 2 is 2.12 bits per heavy atom. The van der Waals surface area contributed by atoms with Crippen LogP contribution in [-0.2, 0) is 0 Å². The summed E-state index contributed by atoms with van der Waals surface area (Å²) in [6.45, 7) is 6.29. The van der Waals surface area contributed by atoms with E-state index in [1.807, 2.05) is 0 Å². The third-order valence-corrected chi connectivity index (χ3v) is 3.80. The zero-order valence-corrected chi connectivity index (χ0v) is 10.2. The maximum Gasteiger partial charge on any atom is 0.00447 e. The molecule has 0 aliphatic carbocycles. The molecule has 1 aromatic carbocycles. The van der Waals surface area contributed by atoms with Crippen molar-refractivity contribution in [2.24, 2.45) is 11.7 Å². The number of piperidine rings is 1. The molecule has 1 saturated heterocycles. The molecule has 1 aliphatic rings. The second kappa shape index (κ2) is 4.98. The lowest BCUT2D eigenvalue weighted by atomic mass is 9.77. The lowest BCUT2D eigenvalue weighted by Crippen LogP contribution is -2.44. The van der Waals surface area contributed by atoms with Crippen LogP contribution in [0.2, 0.25) is 0 Å². The molecule has 1 fully saturated rings. The van der Waals surface area contributed by atoms with E-state index in [2.05, 4.69) is 43.4 Å². The highest BCUT2D eigenvalue weighted by Gasteiger charge is 2.29. The molecule has 1 aliphatic heterocycles. The molecule has 0 aromatic heterocycles. The first-order valence-electron chi connectivity index (χ1n) is 6.21. The van der Waals surface area contributed by atoms with Crippen LogP contribution in [0, 0.1) is 12.8 Å². The molecule has 3 atom stereocenters. The maximum atomic E-state index is 5.89. The Kier molecular flexibility index (Phi) is 3.62. The Labute approximate surface area is 98.2 Å². The molecule has 0 radical (unpaired) electrons. The number of aryl methyl sites for hydroxylation is 1. The minimum absolute atomic E-state index is 0.581. The molecule has 0 bridgehead atoms. The van der Waals surface area contributed by atoms with Gasteiger partial charge in [0.2, 0.25) is 0 Å². The van der Waals surface area contributed by atoms with E-state index >= 15 is 0 Å². The largest absolute Gasteiger partial charge is 0.330 e. The molecule has 16 heavy (non-hydrogen) atoms. The molecule has 3 N–H and O–H groups in total. The van der Waals surface area contributed by atoms with E-state index in [0.29, 0.717) is 17.9 Å². The summed E-state index contributed by atoms with van der Waals surface area (Å²) in [7, 11) is 0. The molecular weight excluding hydrogens is 196 g/mol. The summed E-state index contributed by atoms with van der Waals surface area (Å²) in [5.41, 5.74) is 8.78. The van der Waals surface area contributed by atoms with Crippen LogP contribution in [0.25, 0.3) is 0 Å². The van der Waals surface area contributed by atoms with Gasteiger partial charge in [0.15, 0.2) is 0 Å². The fraction of sp³-hybridized carbons (Fsp3) is 0.571. The first kappa shape index (κ1) is 11.6. The Bertz CT molecular complexity index is 348. The molecule has 0 saturated carbocycles.